The van der Waals surface area contributed by atoms with Crippen molar-refractivity contribution < 1.29 is 4.79 Å². The van der Waals surface area contributed by atoms with E-state index in [2.05, 4.69) is 25.7 Å². The minimum absolute atomic E-state index is 0.142. The smallest absolute Gasteiger partial charge is 0.223 e. The predicted molar refractivity (Wildman–Crippen MR) is 68.1 cm³/mol. The lowest BCUT2D eigenvalue weighted by molar-refractivity contribution is -0.128. The maximum absolute atomic E-state index is 12.1. The molecule has 0 aromatic rings. The maximum Gasteiger partial charge on any atom is 0.223 e. The van der Waals surface area contributed by atoms with Gasteiger partial charge in [0.1, 0.15) is 0 Å². The number of hydrogen-bond donors (Lipinski definition) is 1. The van der Waals surface area contributed by atoms with E-state index in [0.29, 0.717) is 11.8 Å². The Balaban J connectivity index is 2.71. The fourth-order valence-electron chi connectivity index (χ4n) is 2.65. The first-order valence-electron chi connectivity index (χ1n) is 6.37. The van der Waals surface area contributed by atoms with E-state index in [9.17, 15) is 4.79 Å². The third-order valence-electron chi connectivity index (χ3n) is 3.51. The molecule has 3 unspecified atom stereocenters. The fourth-order valence-corrected chi connectivity index (χ4v) is 2.65. The van der Waals surface area contributed by atoms with E-state index in [1.165, 1.54) is 6.42 Å². The summed E-state index contributed by atoms with van der Waals surface area (Å²) in [4.78, 5) is 12.1. The minimum atomic E-state index is 0.142. The van der Waals surface area contributed by atoms with Gasteiger partial charge in [0, 0.05) is 12.0 Å². The second-order valence-electron chi connectivity index (χ2n) is 5.64. The van der Waals surface area contributed by atoms with Gasteiger partial charge in [-0.2, -0.15) is 0 Å². The summed E-state index contributed by atoms with van der Waals surface area (Å²) in [5.74, 6) is 1.41. The van der Waals surface area contributed by atoms with Crippen LogP contribution in [0.25, 0.3) is 0 Å². The lowest BCUT2D eigenvalue weighted by Gasteiger charge is -2.34. The van der Waals surface area contributed by atoms with Crippen molar-refractivity contribution >= 4 is 5.91 Å². The van der Waals surface area contributed by atoms with Crippen LogP contribution in [0.4, 0.5) is 0 Å². The Morgan fingerprint density at radius 1 is 1.31 bits per heavy atom. The first kappa shape index (κ1) is 13.3. The van der Waals surface area contributed by atoms with Gasteiger partial charge in [0.05, 0.1) is 0 Å². The molecule has 0 saturated heterocycles. The molecule has 16 heavy (non-hydrogen) atoms. The van der Waals surface area contributed by atoms with Crippen LogP contribution in [0.1, 0.15) is 47.0 Å². The summed E-state index contributed by atoms with van der Waals surface area (Å²) < 4.78 is 0. The van der Waals surface area contributed by atoms with Crippen LogP contribution in [-0.4, -0.2) is 11.9 Å². The van der Waals surface area contributed by atoms with Gasteiger partial charge in [-0.25, -0.2) is 0 Å². The SMILES string of the molecule is C=C(C)C1CCC(C)CC1C(=O)NC(C)C. The van der Waals surface area contributed by atoms with Gasteiger partial charge in [0.2, 0.25) is 5.91 Å². The zero-order chi connectivity index (χ0) is 12.3. The molecule has 1 N–H and O–H groups in total. The van der Waals surface area contributed by atoms with Crippen LogP contribution >= 0.6 is 0 Å². The van der Waals surface area contributed by atoms with E-state index in [1.807, 2.05) is 13.8 Å². The number of nitrogens with one attached hydrogen (secondary N) is 1. The molecule has 0 aromatic heterocycles. The predicted octanol–water partition coefficient (Wildman–Crippen LogP) is 3.14. The minimum Gasteiger partial charge on any atom is -0.354 e. The van der Waals surface area contributed by atoms with Crippen molar-refractivity contribution in [3.63, 3.8) is 0 Å². The molecule has 1 saturated carbocycles. The summed E-state index contributed by atoms with van der Waals surface area (Å²) in [6, 6.07) is 0.232. The van der Waals surface area contributed by atoms with Crippen LogP contribution in [0, 0.1) is 17.8 Å². The fraction of sp³-hybridized carbons (Fsp3) is 0.786. The summed E-state index contributed by atoms with van der Waals surface area (Å²) in [5.41, 5.74) is 1.16. The van der Waals surface area contributed by atoms with Crippen molar-refractivity contribution in [3.05, 3.63) is 12.2 Å². The van der Waals surface area contributed by atoms with Gasteiger partial charge in [0.15, 0.2) is 0 Å². The van der Waals surface area contributed by atoms with Gasteiger partial charge in [-0.3, -0.25) is 4.79 Å². The average molecular weight is 223 g/mol. The highest BCUT2D eigenvalue weighted by atomic mass is 16.1. The van der Waals surface area contributed by atoms with Gasteiger partial charge in [-0.05, 0) is 45.4 Å². The summed E-state index contributed by atoms with van der Waals surface area (Å²) in [6.45, 7) is 12.4. The molecule has 3 atom stereocenters. The van der Waals surface area contributed by atoms with Crippen LogP contribution in [0.2, 0.25) is 0 Å². The number of hydrogen-bond acceptors (Lipinski definition) is 1. The topological polar surface area (TPSA) is 29.1 Å². The lowest BCUT2D eigenvalue weighted by Crippen LogP contribution is -2.41. The lowest BCUT2D eigenvalue weighted by atomic mass is 9.71. The number of carbonyl (C=O) groups is 1. The number of allylic oxidation sites excluding steroid dienone is 1. The van der Waals surface area contributed by atoms with E-state index in [1.54, 1.807) is 0 Å². The molecule has 0 spiro atoms. The Kier molecular flexibility index (Phi) is 4.57. The quantitative estimate of drug-likeness (QED) is 0.732. The Labute approximate surface area is 99.5 Å². The van der Waals surface area contributed by atoms with Gasteiger partial charge in [-0.15, -0.1) is 0 Å². The van der Waals surface area contributed by atoms with Gasteiger partial charge >= 0.3 is 0 Å². The van der Waals surface area contributed by atoms with Gasteiger partial charge in [-0.1, -0.05) is 25.5 Å². The van der Waals surface area contributed by atoms with E-state index in [-0.39, 0.29) is 17.9 Å². The summed E-state index contributed by atoms with van der Waals surface area (Å²) in [7, 11) is 0. The monoisotopic (exact) mass is 223 g/mol. The van der Waals surface area contributed by atoms with Gasteiger partial charge in [0.25, 0.3) is 0 Å². The highest BCUT2D eigenvalue weighted by Gasteiger charge is 2.34. The first-order chi connectivity index (χ1) is 7.41. The molecule has 92 valence electrons. The van der Waals surface area contributed by atoms with E-state index in [0.717, 1.165) is 18.4 Å². The number of carbonyl (C=O) groups excluding carboxylic acids is 1. The summed E-state index contributed by atoms with van der Waals surface area (Å²) >= 11 is 0. The molecule has 0 bridgehead atoms. The zero-order valence-electron chi connectivity index (χ0n) is 11.0. The number of rotatable bonds is 3. The molecule has 1 aliphatic carbocycles. The van der Waals surface area contributed by atoms with Crippen molar-refractivity contribution in [1.82, 2.24) is 5.32 Å². The van der Waals surface area contributed by atoms with Crippen molar-refractivity contribution in [2.45, 2.75) is 53.0 Å². The van der Waals surface area contributed by atoms with E-state index >= 15 is 0 Å². The molecule has 2 nitrogen and oxygen atoms in total. The molecule has 0 radical (unpaired) electrons. The molecule has 1 fully saturated rings. The standard InChI is InChI=1S/C14H25NO/c1-9(2)12-7-6-11(5)8-13(12)14(16)15-10(3)4/h10-13H,1,6-8H2,2-5H3,(H,15,16). The third-order valence-corrected chi connectivity index (χ3v) is 3.51. The second kappa shape index (κ2) is 5.51. The Morgan fingerprint density at radius 2 is 1.94 bits per heavy atom. The van der Waals surface area contributed by atoms with Crippen LogP contribution in [0.3, 0.4) is 0 Å². The van der Waals surface area contributed by atoms with Crippen LogP contribution in [-0.2, 0) is 4.79 Å². The second-order valence-corrected chi connectivity index (χ2v) is 5.64. The van der Waals surface area contributed by atoms with Crippen molar-refractivity contribution in [3.8, 4) is 0 Å². The molecule has 0 aliphatic heterocycles. The molecule has 2 heteroatoms. The van der Waals surface area contributed by atoms with Crippen molar-refractivity contribution in [2.24, 2.45) is 17.8 Å². The Morgan fingerprint density at radius 3 is 2.44 bits per heavy atom. The van der Waals surface area contributed by atoms with E-state index in [4.69, 9.17) is 0 Å². The molecular formula is C14H25NO. The summed E-state index contributed by atoms with van der Waals surface area (Å²) in [5, 5.41) is 3.04. The maximum atomic E-state index is 12.1. The normalized spacial score (nSPS) is 30.2. The third kappa shape index (κ3) is 3.36. The highest BCUT2D eigenvalue weighted by Crippen LogP contribution is 2.37. The Hall–Kier alpha value is -0.790. The highest BCUT2D eigenvalue weighted by molar-refractivity contribution is 5.79. The average Bonchev–Trinajstić information content (AvgIpc) is 2.15. The molecule has 1 aliphatic rings. The van der Waals surface area contributed by atoms with Gasteiger partial charge < -0.3 is 5.32 Å². The van der Waals surface area contributed by atoms with Crippen molar-refractivity contribution in [2.75, 3.05) is 0 Å². The largest absolute Gasteiger partial charge is 0.354 e. The molecular weight excluding hydrogens is 198 g/mol. The van der Waals surface area contributed by atoms with Crippen LogP contribution < -0.4 is 5.32 Å². The first-order valence-corrected chi connectivity index (χ1v) is 6.37. The molecule has 0 heterocycles. The number of amides is 1. The molecule has 1 rings (SSSR count). The van der Waals surface area contributed by atoms with Crippen molar-refractivity contribution in [1.29, 1.82) is 0 Å². The van der Waals surface area contributed by atoms with Crippen LogP contribution in [0.5, 0.6) is 0 Å². The summed E-state index contributed by atoms with van der Waals surface area (Å²) in [6.07, 6.45) is 3.35. The molecule has 0 aromatic carbocycles. The zero-order valence-corrected chi connectivity index (χ0v) is 11.0. The molecule has 1 amide bonds. The van der Waals surface area contributed by atoms with Crippen LogP contribution in [0.15, 0.2) is 12.2 Å². The Bertz CT molecular complexity index is 270. The van der Waals surface area contributed by atoms with E-state index < -0.39 is 0 Å².